The van der Waals surface area contributed by atoms with E-state index >= 15 is 0 Å². The first-order valence-corrected chi connectivity index (χ1v) is 8.05. The molecule has 0 amide bonds. The van der Waals surface area contributed by atoms with Gasteiger partial charge in [0.25, 0.3) is 0 Å². The summed E-state index contributed by atoms with van der Waals surface area (Å²) in [6, 6.07) is 11.0. The molecular weight excluding hydrogens is 276 g/mol. The summed E-state index contributed by atoms with van der Waals surface area (Å²) in [7, 11) is 0. The quantitative estimate of drug-likeness (QED) is 0.871. The normalized spacial score (nSPS) is 26.4. The Labute approximate surface area is 130 Å². The summed E-state index contributed by atoms with van der Waals surface area (Å²) in [5, 5.41) is 4.08. The fourth-order valence-electron chi connectivity index (χ4n) is 3.84. The number of hydrogen-bond acceptors (Lipinski definition) is 5. The molecule has 4 rings (SSSR count). The van der Waals surface area contributed by atoms with Crippen LogP contribution in [0.1, 0.15) is 24.7 Å². The van der Waals surface area contributed by atoms with Crippen molar-refractivity contribution in [2.75, 3.05) is 31.1 Å². The lowest BCUT2D eigenvalue weighted by Crippen LogP contribution is -2.31. The van der Waals surface area contributed by atoms with E-state index in [1.54, 1.807) is 0 Å². The summed E-state index contributed by atoms with van der Waals surface area (Å²) in [4.78, 5) is 9.41. The molecule has 0 spiro atoms. The average Bonchev–Trinajstić information content (AvgIpc) is 3.21. The van der Waals surface area contributed by atoms with E-state index < -0.39 is 0 Å². The third kappa shape index (κ3) is 2.39. The number of aromatic nitrogens is 2. The molecule has 3 atom stereocenters. The summed E-state index contributed by atoms with van der Waals surface area (Å²) < 4.78 is 5.12. The molecule has 0 saturated carbocycles. The number of nitrogens with zero attached hydrogens (tertiary/aromatic N) is 4. The van der Waals surface area contributed by atoms with Gasteiger partial charge in [0.1, 0.15) is 0 Å². The molecule has 22 heavy (non-hydrogen) atoms. The molecule has 2 fully saturated rings. The molecule has 2 saturated heterocycles. The van der Waals surface area contributed by atoms with E-state index in [2.05, 4.69) is 57.2 Å². The highest BCUT2D eigenvalue weighted by Gasteiger charge is 2.42. The number of hydrogen-bond donors (Lipinski definition) is 0. The van der Waals surface area contributed by atoms with Gasteiger partial charge in [-0.25, -0.2) is 0 Å². The van der Waals surface area contributed by atoms with Crippen LogP contribution in [0.2, 0.25) is 0 Å². The van der Waals surface area contributed by atoms with Crippen molar-refractivity contribution in [1.82, 2.24) is 15.0 Å². The van der Waals surface area contributed by atoms with E-state index in [0.717, 1.165) is 43.8 Å². The molecule has 3 unspecified atom stereocenters. The minimum atomic E-state index is 0.244. The lowest BCUT2D eigenvalue weighted by Gasteiger charge is -2.25. The van der Waals surface area contributed by atoms with Gasteiger partial charge in [-0.3, -0.25) is 4.90 Å². The smallest absolute Gasteiger partial charge is 0.223 e. The van der Waals surface area contributed by atoms with Crippen molar-refractivity contribution < 1.29 is 4.52 Å². The second-order valence-electron chi connectivity index (χ2n) is 6.56. The van der Waals surface area contributed by atoms with Crippen LogP contribution in [0.5, 0.6) is 0 Å². The predicted octanol–water partition coefficient (Wildman–Crippen LogP) is 2.51. The summed E-state index contributed by atoms with van der Waals surface area (Å²) in [5.74, 6) is 2.96. The molecule has 2 aromatic rings. The van der Waals surface area contributed by atoms with Crippen molar-refractivity contribution in [2.45, 2.75) is 19.9 Å². The van der Waals surface area contributed by atoms with E-state index in [9.17, 15) is 0 Å². The monoisotopic (exact) mass is 298 g/mol. The van der Waals surface area contributed by atoms with Crippen LogP contribution in [-0.2, 0) is 0 Å². The second kappa shape index (κ2) is 5.39. The first-order valence-electron chi connectivity index (χ1n) is 8.05. The van der Waals surface area contributed by atoms with Crippen molar-refractivity contribution in [1.29, 1.82) is 0 Å². The standard InChI is InChI=1S/C17H22N4O/c1-12(17-18-13(2)22-19-17)20-8-14-10-21(11-15(14)9-20)16-6-4-3-5-7-16/h3-7,12,14-15H,8-11H2,1-2H3. The number of anilines is 1. The maximum atomic E-state index is 5.12. The Balaban J connectivity index is 1.41. The molecule has 0 radical (unpaired) electrons. The molecule has 1 aromatic heterocycles. The van der Waals surface area contributed by atoms with Crippen LogP contribution >= 0.6 is 0 Å². The lowest BCUT2D eigenvalue weighted by atomic mass is 10.0. The van der Waals surface area contributed by atoms with Crippen LogP contribution in [0.3, 0.4) is 0 Å². The molecule has 0 bridgehead atoms. The highest BCUT2D eigenvalue weighted by atomic mass is 16.5. The van der Waals surface area contributed by atoms with Gasteiger partial charge in [-0.1, -0.05) is 23.4 Å². The van der Waals surface area contributed by atoms with Crippen LogP contribution in [0.4, 0.5) is 5.69 Å². The Morgan fingerprint density at radius 2 is 1.77 bits per heavy atom. The number of rotatable bonds is 3. The molecule has 116 valence electrons. The zero-order chi connectivity index (χ0) is 15.1. The summed E-state index contributed by atoms with van der Waals surface area (Å²) in [5.41, 5.74) is 1.35. The minimum Gasteiger partial charge on any atom is -0.371 e. The van der Waals surface area contributed by atoms with Crippen LogP contribution in [0.25, 0.3) is 0 Å². The van der Waals surface area contributed by atoms with Gasteiger partial charge in [0.05, 0.1) is 6.04 Å². The van der Waals surface area contributed by atoms with E-state index in [0.29, 0.717) is 5.89 Å². The number of fused-ring (bicyclic) bond motifs is 1. The molecule has 2 aliphatic rings. The number of para-hydroxylation sites is 1. The van der Waals surface area contributed by atoms with Gasteiger partial charge in [0.15, 0.2) is 5.82 Å². The Morgan fingerprint density at radius 1 is 1.09 bits per heavy atom. The lowest BCUT2D eigenvalue weighted by molar-refractivity contribution is 0.231. The third-order valence-corrected chi connectivity index (χ3v) is 5.10. The van der Waals surface area contributed by atoms with Gasteiger partial charge < -0.3 is 9.42 Å². The Morgan fingerprint density at radius 3 is 2.36 bits per heavy atom. The van der Waals surface area contributed by atoms with E-state index in [1.807, 2.05) is 6.92 Å². The first-order chi connectivity index (χ1) is 10.7. The summed E-state index contributed by atoms with van der Waals surface area (Å²) >= 11 is 0. The van der Waals surface area contributed by atoms with Gasteiger partial charge in [0.2, 0.25) is 5.89 Å². The molecule has 5 heteroatoms. The molecule has 0 aliphatic carbocycles. The summed E-state index contributed by atoms with van der Waals surface area (Å²) in [6.07, 6.45) is 0. The largest absolute Gasteiger partial charge is 0.371 e. The SMILES string of the molecule is Cc1nc(C(C)N2CC3CN(c4ccccc4)CC3C2)no1. The number of benzene rings is 1. The zero-order valence-electron chi connectivity index (χ0n) is 13.1. The van der Waals surface area contributed by atoms with Gasteiger partial charge >= 0.3 is 0 Å². The molecule has 1 aromatic carbocycles. The van der Waals surface area contributed by atoms with Crippen LogP contribution in [0.15, 0.2) is 34.9 Å². The van der Waals surface area contributed by atoms with E-state index in [4.69, 9.17) is 4.52 Å². The van der Waals surface area contributed by atoms with Crippen molar-refractivity contribution in [3.05, 3.63) is 42.0 Å². The Kier molecular flexibility index (Phi) is 3.37. The number of aryl methyl sites for hydroxylation is 1. The third-order valence-electron chi connectivity index (χ3n) is 5.10. The van der Waals surface area contributed by atoms with E-state index in [-0.39, 0.29) is 6.04 Å². The molecule has 2 aliphatic heterocycles. The second-order valence-corrected chi connectivity index (χ2v) is 6.56. The molecular formula is C17H22N4O. The van der Waals surface area contributed by atoms with Crippen LogP contribution in [0, 0.1) is 18.8 Å². The number of likely N-dealkylation sites (tertiary alicyclic amines) is 1. The maximum absolute atomic E-state index is 5.12. The predicted molar refractivity (Wildman–Crippen MR) is 84.7 cm³/mol. The first kappa shape index (κ1) is 13.8. The van der Waals surface area contributed by atoms with Gasteiger partial charge in [0, 0.05) is 38.8 Å². The fourth-order valence-corrected chi connectivity index (χ4v) is 3.84. The highest BCUT2D eigenvalue weighted by Crippen LogP contribution is 2.36. The van der Waals surface area contributed by atoms with E-state index in [1.165, 1.54) is 5.69 Å². The Bertz CT molecular complexity index is 627. The van der Waals surface area contributed by atoms with Gasteiger partial charge in [-0.15, -0.1) is 0 Å². The Hall–Kier alpha value is -1.88. The van der Waals surface area contributed by atoms with Crippen molar-refractivity contribution in [3.8, 4) is 0 Å². The average molecular weight is 298 g/mol. The van der Waals surface area contributed by atoms with Crippen LogP contribution in [-0.4, -0.2) is 41.2 Å². The molecule has 3 heterocycles. The van der Waals surface area contributed by atoms with Crippen molar-refractivity contribution in [2.24, 2.45) is 11.8 Å². The minimum absolute atomic E-state index is 0.244. The van der Waals surface area contributed by atoms with Crippen LogP contribution < -0.4 is 4.90 Å². The van der Waals surface area contributed by atoms with Crippen molar-refractivity contribution >= 4 is 5.69 Å². The summed E-state index contributed by atoms with van der Waals surface area (Å²) in [6.45, 7) is 8.60. The highest BCUT2D eigenvalue weighted by molar-refractivity contribution is 5.47. The van der Waals surface area contributed by atoms with Gasteiger partial charge in [-0.2, -0.15) is 4.98 Å². The fraction of sp³-hybridized carbons (Fsp3) is 0.529. The molecule has 5 nitrogen and oxygen atoms in total. The zero-order valence-corrected chi connectivity index (χ0v) is 13.1. The topological polar surface area (TPSA) is 45.4 Å². The van der Waals surface area contributed by atoms with Gasteiger partial charge in [-0.05, 0) is 30.9 Å². The maximum Gasteiger partial charge on any atom is 0.223 e. The van der Waals surface area contributed by atoms with Crippen molar-refractivity contribution in [3.63, 3.8) is 0 Å². The molecule has 0 N–H and O–H groups in total.